The summed E-state index contributed by atoms with van der Waals surface area (Å²) in [6.07, 6.45) is 1.48. The second-order valence-electron chi connectivity index (χ2n) is 4.43. The number of rotatable bonds is 4. The van der Waals surface area contributed by atoms with E-state index in [9.17, 15) is 14.9 Å². The van der Waals surface area contributed by atoms with Gasteiger partial charge < -0.3 is 15.0 Å². The summed E-state index contributed by atoms with van der Waals surface area (Å²) in [5, 5.41) is 13.9. The summed E-state index contributed by atoms with van der Waals surface area (Å²) in [5.74, 6) is -0.0426. The maximum atomic E-state index is 12.1. The third-order valence-electron chi connectivity index (χ3n) is 3.06. The number of morpholine rings is 1. The molecule has 1 fully saturated rings. The second kappa shape index (κ2) is 6.81. The smallest absolute Gasteiger partial charge is 0.312 e. The number of anilines is 1. The normalized spacial score (nSPS) is 18.4. The SMILES string of the molecule is CCNC(=O)C1COCCN1c1ncc(Br)cc1[N+](=O)[O-]. The van der Waals surface area contributed by atoms with Crippen LogP contribution in [-0.4, -0.2) is 48.2 Å². The van der Waals surface area contributed by atoms with Crippen LogP contribution >= 0.6 is 15.9 Å². The first-order valence-corrected chi connectivity index (χ1v) is 7.26. The number of halogens is 1. The van der Waals surface area contributed by atoms with Crippen molar-refractivity contribution in [3.05, 3.63) is 26.9 Å². The second-order valence-corrected chi connectivity index (χ2v) is 5.35. The Hall–Kier alpha value is -1.74. The van der Waals surface area contributed by atoms with Crippen molar-refractivity contribution in [2.24, 2.45) is 0 Å². The molecule has 8 nitrogen and oxygen atoms in total. The fourth-order valence-electron chi connectivity index (χ4n) is 2.14. The Balaban J connectivity index is 2.37. The van der Waals surface area contributed by atoms with E-state index in [1.807, 2.05) is 6.92 Å². The van der Waals surface area contributed by atoms with Crippen molar-refractivity contribution >= 4 is 33.3 Å². The van der Waals surface area contributed by atoms with E-state index in [1.54, 1.807) is 4.90 Å². The molecule has 0 bridgehead atoms. The molecule has 1 unspecified atom stereocenters. The minimum Gasteiger partial charge on any atom is -0.377 e. The van der Waals surface area contributed by atoms with E-state index in [2.05, 4.69) is 26.2 Å². The zero-order valence-corrected chi connectivity index (χ0v) is 13.0. The van der Waals surface area contributed by atoms with Gasteiger partial charge in [-0.1, -0.05) is 0 Å². The molecule has 2 heterocycles. The molecule has 2 rings (SSSR count). The van der Waals surface area contributed by atoms with E-state index in [4.69, 9.17) is 4.74 Å². The van der Waals surface area contributed by atoms with Crippen molar-refractivity contribution in [3.8, 4) is 0 Å². The number of carbonyl (C=O) groups excluding carboxylic acids is 1. The number of likely N-dealkylation sites (N-methyl/N-ethyl adjacent to an activating group) is 1. The molecule has 9 heteroatoms. The molecule has 0 spiro atoms. The quantitative estimate of drug-likeness (QED) is 0.639. The van der Waals surface area contributed by atoms with Crippen LogP contribution in [0.1, 0.15) is 6.92 Å². The van der Waals surface area contributed by atoms with Crippen LogP contribution in [-0.2, 0) is 9.53 Å². The molecule has 1 N–H and O–H groups in total. The van der Waals surface area contributed by atoms with Gasteiger partial charge in [0.05, 0.1) is 18.1 Å². The van der Waals surface area contributed by atoms with Gasteiger partial charge in [0.15, 0.2) is 0 Å². The number of nitrogens with one attached hydrogen (secondary N) is 1. The Morgan fingerprint density at radius 2 is 2.48 bits per heavy atom. The van der Waals surface area contributed by atoms with Crippen molar-refractivity contribution < 1.29 is 14.5 Å². The number of pyridine rings is 1. The van der Waals surface area contributed by atoms with Crippen LogP contribution < -0.4 is 10.2 Å². The first-order chi connectivity index (χ1) is 10.0. The van der Waals surface area contributed by atoms with Crippen molar-refractivity contribution in [1.29, 1.82) is 0 Å². The molecule has 1 saturated heterocycles. The highest BCUT2D eigenvalue weighted by Crippen LogP contribution is 2.30. The highest BCUT2D eigenvalue weighted by molar-refractivity contribution is 9.10. The van der Waals surface area contributed by atoms with Crippen LogP contribution in [0.15, 0.2) is 16.7 Å². The van der Waals surface area contributed by atoms with Crippen molar-refractivity contribution in [2.75, 3.05) is 31.2 Å². The predicted molar refractivity (Wildman–Crippen MR) is 79.2 cm³/mol. The minimum atomic E-state index is -0.619. The lowest BCUT2D eigenvalue weighted by molar-refractivity contribution is -0.384. The van der Waals surface area contributed by atoms with Gasteiger partial charge in [0.25, 0.3) is 0 Å². The summed E-state index contributed by atoms with van der Waals surface area (Å²) in [5.41, 5.74) is -0.138. The van der Waals surface area contributed by atoms with Gasteiger partial charge in [-0.3, -0.25) is 14.9 Å². The van der Waals surface area contributed by atoms with Gasteiger partial charge in [-0.15, -0.1) is 0 Å². The van der Waals surface area contributed by atoms with Crippen LogP contribution in [0.3, 0.4) is 0 Å². The fraction of sp³-hybridized carbons (Fsp3) is 0.500. The van der Waals surface area contributed by atoms with Crippen LogP contribution in [0.4, 0.5) is 11.5 Å². The number of nitrogens with zero attached hydrogens (tertiary/aromatic N) is 3. The zero-order valence-electron chi connectivity index (χ0n) is 11.4. The van der Waals surface area contributed by atoms with Gasteiger partial charge in [-0.25, -0.2) is 4.98 Å². The molecule has 1 aliphatic heterocycles. The van der Waals surface area contributed by atoms with E-state index in [0.717, 1.165) is 0 Å². The van der Waals surface area contributed by atoms with Gasteiger partial charge in [0.2, 0.25) is 11.7 Å². The largest absolute Gasteiger partial charge is 0.377 e. The van der Waals surface area contributed by atoms with Crippen LogP contribution in [0.2, 0.25) is 0 Å². The number of nitro groups is 1. The average molecular weight is 359 g/mol. The molecule has 1 amide bonds. The maximum Gasteiger partial charge on any atom is 0.312 e. The lowest BCUT2D eigenvalue weighted by Gasteiger charge is -2.34. The predicted octanol–water partition coefficient (Wildman–Crippen LogP) is 1.09. The van der Waals surface area contributed by atoms with E-state index >= 15 is 0 Å². The third-order valence-corrected chi connectivity index (χ3v) is 3.50. The first kappa shape index (κ1) is 15.6. The Morgan fingerprint density at radius 1 is 1.71 bits per heavy atom. The Kier molecular flexibility index (Phi) is 5.07. The summed E-state index contributed by atoms with van der Waals surface area (Å²) < 4.78 is 5.83. The highest BCUT2D eigenvalue weighted by Gasteiger charge is 2.34. The maximum absolute atomic E-state index is 12.1. The van der Waals surface area contributed by atoms with Crippen LogP contribution in [0, 0.1) is 10.1 Å². The number of hydrogen-bond donors (Lipinski definition) is 1. The molecule has 0 aliphatic carbocycles. The fourth-order valence-corrected chi connectivity index (χ4v) is 2.46. The van der Waals surface area contributed by atoms with Crippen molar-refractivity contribution in [3.63, 3.8) is 0 Å². The number of carbonyl (C=O) groups is 1. The van der Waals surface area contributed by atoms with Crippen LogP contribution in [0.5, 0.6) is 0 Å². The molecule has 0 radical (unpaired) electrons. The summed E-state index contributed by atoms with van der Waals surface area (Å²) in [7, 11) is 0. The molecular formula is C12H15BrN4O4. The van der Waals surface area contributed by atoms with E-state index in [-0.39, 0.29) is 24.0 Å². The summed E-state index contributed by atoms with van der Waals surface area (Å²) in [6, 6.07) is 0.762. The summed E-state index contributed by atoms with van der Waals surface area (Å²) >= 11 is 3.17. The molecule has 0 aromatic carbocycles. The summed E-state index contributed by atoms with van der Waals surface area (Å²) in [6.45, 7) is 3.24. The lowest BCUT2D eigenvalue weighted by atomic mass is 10.2. The zero-order chi connectivity index (χ0) is 15.4. The topological polar surface area (TPSA) is 97.6 Å². The minimum absolute atomic E-state index is 0.138. The van der Waals surface area contributed by atoms with Gasteiger partial charge in [-0.05, 0) is 22.9 Å². The average Bonchev–Trinajstić information content (AvgIpc) is 2.47. The number of hydrogen-bond acceptors (Lipinski definition) is 6. The van der Waals surface area contributed by atoms with E-state index in [1.165, 1.54) is 12.3 Å². The van der Waals surface area contributed by atoms with Gasteiger partial charge in [-0.2, -0.15) is 0 Å². The Bertz CT molecular complexity index is 554. The highest BCUT2D eigenvalue weighted by atomic mass is 79.9. The van der Waals surface area contributed by atoms with E-state index < -0.39 is 11.0 Å². The van der Waals surface area contributed by atoms with Gasteiger partial charge >= 0.3 is 5.69 Å². The number of aromatic nitrogens is 1. The van der Waals surface area contributed by atoms with E-state index in [0.29, 0.717) is 24.2 Å². The van der Waals surface area contributed by atoms with Gasteiger partial charge in [0.1, 0.15) is 6.04 Å². The summed E-state index contributed by atoms with van der Waals surface area (Å²) in [4.78, 5) is 28.5. The molecule has 1 atom stereocenters. The number of amides is 1. The lowest BCUT2D eigenvalue weighted by Crippen LogP contribution is -2.54. The van der Waals surface area contributed by atoms with Crippen molar-refractivity contribution in [2.45, 2.75) is 13.0 Å². The Labute approximate surface area is 129 Å². The molecule has 114 valence electrons. The van der Waals surface area contributed by atoms with Crippen LogP contribution in [0.25, 0.3) is 0 Å². The number of ether oxygens (including phenoxy) is 1. The van der Waals surface area contributed by atoms with Gasteiger partial charge in [0, 0.05) is 29.8 Å². The molecule has 1 aromatic heterocycles. The molecular weight excluding hydrogens is 344 g/mol. The first-order valence-electron chi connectivity index (χ1n) is 6.46. The van der Waals surface area contributed by atoms with Crippen molar-refractivity contribution in [1.82, 2.24) is 10.3 Å². The Morgan fingerprint density at radius 3 is 3.14 bits per heavy atom. The standard InChI is InChI=1S/C12H15BrN4O4/c1-2-14-12(18)10-7-21-4-3-16(10)11-9(17(19)20)5-8(13)6-15-11/h5-6,10H,2-4,7H2,1H3,(H,14,18). The monoisotopic (exact) mass is 358 g/mol. The third kappa shape index (κ3) is 3.48. The molecule has 1 aliphatic rings. The molecule has 21 heavy (non-hydrogen) atoms. The molecule has 0 saturated carbocycles. The molecule has 1 aromatic rings.